The fourth-order valence-electron chi connectivity index (χ4n) is 2.98. The molecule has 0 atom stereocenters. The number of amides is 1. The number of morpholine rings is 1. The second-order valence-electron chi connectivity index (χ2n) is 5.97. The van der Waals surface area contributed by atoms with E-state index >= 15 is 0 Å². The molecular formula is C14H25NO3. The van der Waals surface area contributed by atoms with Gasteiger partial charge in [0.15, 0.2) is 0 Å². The van der Waals surface area contributed by atoms with Crippen LogP contribution in [0.3, 0.4) is 0 Å². The molecule has 1 saturated carbocycles. The van der Waals surface area contributed by atoms with E-state index in [-0.39, 0.29) is 17.7 Å². The van der Waals surface area contributed by atoms with E-state index in [0.29, 0.717) is 13.2 Å². The third-order valence-electron chi connectivity index (χ3n) is 4.60. The van der Waals surface area contributed by atoms with Crippen LogP contribution >= 0.6 is 0 Å². The quantitative estimate of drug-likeness (QED) is 0.812. The predicted molar refractivity (Wildman–Crippen MR) is 69.1 cm³/mol. The molecule has 2 aliphatic rings. The van der Waals surface area contributed by atoms with Crippen molar-refractivity contribution < 1.29 is 14.6 Å². The van der Waals surface area contributed by atoms with E-state index in [9.17, 15) is 9.90 Å². The Bertz CT molecular complexity index is 289. The van der Waals surface area contributed by atoms with E-state index < -0.39 is 5.60 Å². The van der Waals surface area contributed by atoms with Crippen LogP contribution in [-0.4, -0.2) is 47.8 Å². The van der Waals surface area contributed by atoms with Gasteiger partial charge in [0, 0.05) is 19.0 Å². The van der Waals surface area contributed by atoms with Gasteiger partial charge in [-0.05, 0) is 31.6 Å². The Morgan fingerprint density at radius 2 is 1.83 bits per heavy atom. The summed E-state index contributed by atoms with van der Waals surface area (Å²) in [6, 6.07) is 0. The maximum atomic E-state index is 12.3. The largest absolute Gasteiger partial charge is 0.390 e. The summed E-state index contributed by atoms with van der Waals surface area (Å²) < 4.78 is 5.27. The first kappa shape index (κ1) is 13.8. The summed E-state index contributed by atoms with van der Waals surface area (Å²) in [4.78, 5) is 14.2. The van der Waals surface area contributed by atoms with Crippen LogP contribution < -0.4 is 0 Å². The van der Waals surface area contributed by atoms with Crippen LogP contribution in [0, 0.1) is 11.8 Å². The van der Waals surface area contributed by atoms with Crippen LogP contribution in [0.4, 0.5) is 0 Å². The fourth-order valence-corrected chi connectivity index (χ4v) is 2.98. The molecule has 2 rings (SSSR count). The number of carbonyl (C=O) groups excluding carboxylic acids is 1. The molecule has 18 heavy (non-hydrogen) atoms. The van der Waals surface area contributed by atoms with Gasteiger partial charge in [0.25, 0.3) is 0 Å². The second-order valence-corrected chi connectivity index (χ2v) is 5.97. The smallest absolute Gasteiger partial charge is 0.225 e. The molecule has 1 aliphatic carbocycles. The standard InChI is InChI=1S/C14H25NO3/c1-11(2)14(17)5-3-12(4-6-14)13(16)15-7-9-18-10-8-15/h11-12,17H,3-10H2,1-2H3/t12-,14+. The molecule has 4 heteroatoms. The lowest BCUT2D eigenvalue weighted by Crippen LogP contribution is -2.47. The van der Waals surface area contributed by atoms with E-state index in [1.165, 1.54) is 0 Å². The zero-order chi connectivity index (χ0) is 13.2. The Balaban J connectivity index is 1.87. The minimum absolute atomic E-state index is 0.113. The molecular weight excluding hydrogens is 230 g/mol. The van der Waals surface area contributed by atoms with E-state index in [2.05, 4.69) is 13.8 Å². The summed E-state index contributed by atoms with van der Waals surface area (Å²) in [5.74, 6) is 0.656. The van der Waals surface area contributed by atoms with E-state index in [1.807, 2.05) is 4.90 Å². The monoisotopic (exact) mass is 255 g/mol. The minimum atomic E-state index is -0.554. The van der Waals surface area contributed by atoms with Gasteiger partial charge in [0.1, 0.15) is 0 Å². The molecule has 1 N–H and O–H groups in total. The predicted octanol–water partition coefficient (Wildman–Crippen LogP) is 1.42. The van der Waals surface area contributed by atoms with Gasteiger partial charge in [-0.3, -0.25) is 4.79 Å². The van der Waals surface area contributed by atoms with Gasteiger partial charge in [0.05, 0.1) is 18.8 Å². The van der Waals surface area contributed by atoms with Crippen molar-refractivity contribution in [1.82, 2.24) is 4.90 Å². The molecule has 2 fully saturated rings. The van der Waals surface area contributed by atoms with Crippen molar-refractivity contribution in [1.29, 1.82) is 0 Å². The molecule has 1 amide bonds. The molecule has 0 unspecified atom stereocenters. The maximum absolute atomic E-state index is 12.3. The molecule has 0 radical (unpaired) electrons. The normalized spacial score (nSPS) is 33.8. The zero-order valence-electron chi connectivity index (χ0n) is 11.5. The highest BCUT2D eigenvalue weighted by Gasteiger charge is 2.39. The van der Waals surface area contributed by atoms with Crippen LogP contribution in [0.1, 0.15) is 39.5 Å². The molecule has 1 heterocycles. The maximum Gasteiger partial charge on any atom is 0.225 e. The number of hydrogen-bond acceptors (Lipinski definition) is 3. The fraction of sp³-hybridized carbons (Fsp3) is 0.929. The lowest BCUT2D eigenvalue weighted by atomic mass is 9.73. The molecule has 4 nitrogen and oxygen atoms in total. The molecule has 1 aliphatic heterocycles. The van der Waals surface area contributed by atoms with Crippen molar-refractivity contribution in [2.75, 3.05) is 26.3 Å². The summed E-state index contributed by atoms with van der Waals surface area (Å²) in [6.45, 7) is 6.89. The lowest BCUT2D eigenvalue weighted by Gasteiger charge is -2.40. The summed E-state index contributed by atoms with van der Waals surface area (Å²) in [7, 11) is 0. The van der Waals surface area contributed by atoms with Crippen molar-refractivity contribution in [2.24, 2.45) is 11.8 Å². The number of rotatable bonds is 2. The van der Waals surface area contributed by atoms with E-state index in [1.54, 1.807) is 0 Å². The van der Waals surface area contributed by atoms with Crippen LogP contribution in [0.25, 0.3) is 0 Å². The van der Waals surface area contributed by atoms with Gasteiger partial charge in [-0.2, -0.15) is 0 Å². The van der Waals surface area contributed by atoms with Crippen molar-refractivity contribution >= 4 is 5.91 Å². The first-order valence-corrected chi connectivity index (χ1v) is 7.12. The average molecular weight is 255 g/mol. The molecule has 0 spiro atoms. The molecule has 0 aromatic carbocycles. The summed E-state index contributed by atoms with van der Waals surface area (Å²) >= 11 is 0. The van der Waals surface area contributed by atoms with Crippen LogP contribution in [0.5, 0.6) is 0 Å². The SMILES string of the molecule is CC(C)[C@]1(O)CC[C@@H](C(=O)N2CCOCC2)CC1. The number of hydrogen-bond donors (Lipinski definition) is 1. The molecule has 1 saturated heterocycles. The Hall–Kier alpha value is -0.610. The molecule has 0 bridgehead atoms. The first-order chi connectivity index (χ1) is 8.53. The van der Waals surface area contributed by atoms with Crippen LogP contribution in [0.15, 0.2) is 0 Å². The Kier molecular flexibility index (Phi) is 4.28. The molecule has 0 aromatic rings. The van der Waals surface area contributed by atoms with Gasteiger partial charge in [-0.25, -0.2) is 0 Å². The summed E-state index contributed by atoms with van der Waals surface area (Å²) in [6.07, 6.45) is 3.16. The highest BCUT2D eigenvalue weighted by molar-refractivity contribution is 5.79. The van der Waals surface area contributed by atoms with Crippen molar-refractivity contribution in [3.8, 4) is 0 Å². The highest BCUT2D eigenvalue weighted by Crippen LogP contribution is 2.37. The Morgan fingerprint density at radius 1 is 1.28 bits per heavy atom. The van der Waals surface area contributed by atoms with E-state index in [4.69, 9.17) is 4.74 Å². The zero-order valence-corrected chi connectivity index (χ0v) is 11.5. The van der Waals surface area contributed by atoms with Gasteiger partial charge in [0.2, 0.25) is 5.91 Å². The van der Waals surface area contributed by atoms with Gasteiger partial charge < -0.3 is 14.7 Å². The van der Waals surface area contributed by atoms with Crippen molar-refractivity contribution in [3.05, 3.63) is 0 Å². The molecule has 104 valence electrons. The van der Waals surface area contributed by atoms with E-state index in [0.717, 1.165) is 38.8 Å². The Labute approximate surface area is 109 Å². The van der Waals surface area contributed by atoms with Crippen LogP contribution in [-0.2, 0) is 9.53 Å². The minimum Gasteiger partial charge on any atom is -0.390 e. The van der Waals surface area contributed by atoms with Gasteiger partial charge in [-0.1, -0.05) is 13.8 Å². The number of aliphatic hydroxyl groups is 1. The third kappa shape index (κ3) is 2.86. The van der Waals surface area contributed by atoms with Crippen LogP contribution in [0.2, 0.25) is 0 Å². The number of ether oxygens (including phenoxy) is 1. The van der Waals surface area contributed by atoms with Crippen molar-refractivity contribution in [3.63, 3.8) is 0 Å². The van der Waals surface area contributed by atoms with Crippen molar-refractivity contribution in [2.45, 2.75) is 45.1 Å². The topological polar surface area (TPSA) is 49.8 Å². The highest BCUT2D eigenvalue weighted by atomic mass is 16.5. The number of nitrogens with zero attached hydrogens (tertiary/aromatic N) is 1. The summed E-state index contributed by atoms with van der Waals surface area (Å²) in [5, 5.41) is 10.4. The first-order valence-electron chi connectivity index (χ1n) is 7.12. The average Bonchev–Trinajstić information content (AvgIpc) is 2.40. The van der Waals surface area contributed by atoms with Gasteiger partial charge >= 0.3 is 0 Å². The lowest BCUT2D eigenvalue weighted by molar-refractivity contribution is -0.143. The Morgan fingerprint density at radius 3 is 2.33 bits per heavy atom. The number of carbonyl (C=O) groups is 1. The second kappa shape index (κ2) is 5.57. The van der Waals surface area contributed by atoms with Gasteiger partial charge in [-0.15, -0.1) is 0 Å². The molecule has 0 aromatic heterocycles. The summed E-state index contributed by atoms with van der Waals surface area (Å²) in [5.41, 5.74) is -0.554. The third-order valence-corrected chi connectivity index (χ3v) is 4.60.